The Bertz CT molecular complexity index is 404. The van der Waals surface area contributed by atoms with Crippen molar-refractivity contribution in [3.05, 3.63) is 23.6 Å². The fourth-order valence-electron chi connectivity index (χ4n) is 2.13. The molecular formula is C15H24FN3. The summed E-state index contributed by atoms with van der Waals surface area (Å²) in [7, 11) is 0. The maximum Gasteiger partial charge on any atom is 0.170 e. The summed E-state index contributed by atoms with van der Waals surface area (Å²) in [5, 5.41) is 3.35. The molecule has 0 spiro atoms. The van der Waals surface area contributed by atoms with E-state index in [2.05, 4.69) is 17.2 Å². The van der Waals surface area contributed by atoms with Crippen LogP contribution in [0.2, 0.25) is 0 Å². The normalized spacial score (nSPS) is 14.7. The van der Waals surface area contributed by atoms with Crippen molar-refractivity contribution in [1.82, 2.24) is 10.3 Å². The smallest absolute Gasteiger partial charge is 0.170 e. The fraction of sp³-hybridized carbons (Fsp3) is 0.667. The van der Waals surface area contributed by atoms with E-state index in [1.165, 1.54) is 12.8 Å². The summed E-state index contributed by atoms with van der Waals surface area (Å²) in [6, 6.07) is 2.38. The zero-order valence-corrected chi connectivity index (χ0v) is 12.0. The molecule has 0 bridgehead atoms. The summed E-state index contributed by atoms with van der Waals surface area (Å²) in [5.74, 6) is 0.347. The Morgan fingerprint density at radius 2 is 2.21 bits per heavy atom. The van der Waals surface area contributed by atoms with Gasteiger partial charge >= 0.3 is 0 Å². The van der Waals surface area contributed by atoms with E-state index in [-0.39, 0.29) is 5.82 Å². The molecule has 1 aromatic heterocycles. The fourth-order valence-corrected chi connectivity index (χ4v) is 2.13. The molecule has 1 fully saturated rings. The van der Waals surface area contributed by atoms with E-state index in [1.54, 1.807) is 12.3 Å². The topological polar surface area (TPSA) is 28.2 Å². The second kappa shape index (κ2) is 6.85. The van der Waals surface area contributed by atoms with Gasteiger partial charge in [-0.1, -0.05) is 13.3 Å². The summed E-state index contributed by atoms with van der Waals surface area (Å²) in [6.07, 6.45) is 6.34. The number of halogens is 1. The predicted octanol–water partition coefficient (Wildman–Crippen LogP) is 3.10. The van der Waals surface area contributed by atoms with Gasteiger partial charge in [0.1, 0.15) is 0 Å². The highest BCUT2D eigenvalue weighted by Crippen LogP contribution is 2.22. The minimum atomic E-state index is -0.159. The van der Waals surface area contributed by atoms with Crippen molar-refractivity contribution < 1.29 is 4.39 Å². The number of pyridine rings is 1. The third kappa shape index (κ3) is 3.90. The Kier molecular flexibility index (Phi) is 5.14. The lowest BCUT2D eigenvalue weighted by Crippen LogP contribution is -2.27. The Morgan fingerprint density at radius 3 is 2.84 bits per heavy atom. The maximum absolute atomic E-state index is 14.5. The van der Waals surface area contributed by atoms with Crippen molar-refractivity contribution in [2.75, 3.05) is 18.0 Å². The first-order valence-electron chi connectivity index (χ1n) is 7.38. The zero-order chi connectivity index (χ0) is 13.7. The third-order valence-electron chi connectivity index (χ3n) is 3.57. The van der Waals surface area contributed by atoms with Crippen LogP contribution >= 0.6 is 0 Å². The molecular weight excluding hydrogens is 241 g/mol. The van der Waals surface area contributed by atoms with Gasteiger partial charge < -0.3 is 10.2 Å². The second-order valence-corrected chi connectivity index (χ2v) is 5.20. The highest BCUT2D eigenvalue weighted by Gasteiger charge is 2.21. The number of aromatic nitrogens is 1. The van der Waals surface area contributed by atoms with Gasteiger partial charge in [-0.15, -0.1) is 0 Å². The molecule has 1 aromatic rings. The van der Waals surface area contributed by atoms with E-state index in [4.69, 9.17) is 0 Å². The van der Waals surface area contributed by atoms with Crippen LogP contribution in [0.3, 0.4) is 0 Å². The van der Waals surface area contributed by atoms with Crippen molar-refractivity contribution >= 4 is 5.82 Å². The highest BCUT2D eigenvalue weighted by molar-refractivity contribution is 5.43. The molecule has 1 saturated carbocycles. The van der Waals surface area contributed by atoms with E-state index >= 15 is 0 Å². The molecule has 3 nitrogen and oxygen atoms in total. The van der Waals surface area contributed by atoms with Gasteiger partial charge in [-0.2, -0.15) is 0 Å². The van der Waals surface area contributed by atoms with Crippen LogP contribution in [0.4, 0.5) is 10.2 Å². The number of hydrogen-bond acceptors (Lipinski definition) is 3. The Hall–Kier alpha value is -1.16. The SMILES string of the molecule is CCCCN(CC)c1nccc(CNC2CC2)c1F. The number of rotatable bonds is 8. The molecule has 106 valence electrons. The van der Waals surface area contributed by atoms with E-state index in [0.717, 1.165) is 31.5 Å². The number of anilines is 1. The van der Waals surface area contributed by atoms with Crippen LogP contribution in [0.1, 0.15) is 45.1 Å². The monoisotopic (exact) mass is 265 g/mol. The molecule has 0 unspecified atom stereocenters. The van der Waals surface area contributed by atoms with Crippen LogP contribution < -0.4 is 10.2 Å². The molecule has 0 aromatic carbocycles. The van der Waals surface area contributed by atoms with Crippen molar-refractivity contribution in [3.63, 3.8) is 0 Å². The second-order valence-electron chi connectivity index (χ2n) is 5.20. The van der Waals surface area contributed by atoms with Crippen LogP contribution in [-0.2, 0) is 6.54 Å². The quantitative estimate of drug-likeness (QED) is 0.783. The molecule has 1 N–H and O–H groups in total. The minimum Gasteiger partial charge on any atom is -0.354 e. The average Bonchev–Trinajstić information content (AvgIpc) is 3.24. The Labute approximate surface area is 115 Å². The number of unbranched alkanes of at least 4 members (excludes halogenated alkanes) is 1. The Balaban J connectivity index is 2.07. The third-order valence-corrected chi connectivity index (χ3v) is 3.57. The predicted molar refractivity (Wildman–Crippen MR) is 76.9 cm³/mol. The largest absolute Gasteiger partial charge is 0.354 e. The van der Waals surface area contributed by atoms with Gasteiger partial charge in [-0.3, -0.25) is 0 Å². The summed E-state index contributed by atoms with van der Waals surface area (Å²) in [4.78, 5) is 6.26. The summed E-state index contributed by atoms with van der Waals surface area (Å²) in [6.45, 7) is 6.47. The molecule has 1 aliphatic rings. The highest BCUT2D eigenvalue weighted by atomic mass is 19.1. The summed E-state index contributed by atoms with van der Waals surface area (Å²) < 4.78 is 14.5. The van der Waals surface area contributed by atoms with Gasteiger partial charge in [0, 0.05) is 37.4 Å². The van der Waals surface area contributed by atoms with Gasteiger partial charge in [0.05, 0.1) is 0 Å². The first kappa shape index (κ1) is 14.3. The van der Waals surface area contributed by atoms with Gasteiger partial charge in [-0.25, -0.2) is 9.37 Å². The number of nitrogens with one attached hydrogen (secondary N) is 1. The molecule has 2 rings (SSSR count). The van der Waals surface area contributed by atoms with E-state index in [9.17, 15) is 4.39 Å². The van der Waals surface area contributed by atoms with E-state index < -0.39 is 0 Å². The lowest BCUT2D eigenvalue weighted by Gasteiger charge is -2.23. The first-order valence-corrected chi connectivity index (χ1v) is 7.38. The van der Waals surface area contributed by atoms with Crippen LogP contribution in [0.5, 0.6) is 0 Å². The molecule has 1 aliphatic carbocycles. The van der Waals surface area contributed by atoms with Crippen LogP contribution in [0, 0.1) is 5.82 Å². The molecule has 0 atom stereocenters. The van der Waals surface area contributed by atoms with Crippen molar-refractivity contribution in [2.24, 2.45) is 0 Å². The Morgan fingerprint density at radius 1 is 1.42 bits per heavy atom. The molecule has 0 amide bonds. The molecule has 1 heterocycles. The van der Waals surface area contributed by atoms with Crippen molar-refractivity contribution in [2.45, 2.75) is 52.1 Å². The molecule has 0 radical (unpaired) electrons. The van der Waals surface area contributed by atoms with Crippen LogP contribution in [0.25, 0.3) is 0 Å². The van der Waals surface area contributed by atoms with Gasteiger partial charge in [0.25, 0.3) is 0 Å². The first-order chi connectivity index (χ1) is 9.26. The maximum atomic E-state index is 14.5. The van der Waals surface area contributed by atoms with Crippen molar-refractivity contribution in [1.29, 1.82) is 0 Å². The zero-order valence-electron chi connectivity index (χ0n) is 12.0. The summed E-state index contributed by atoms with van der Waals surface area (Å²) >= 11 is 0. The molecule has 19 heavy (non-hydrogen) atoms. The lowest BCUT2D eigenvalue weighted by atomic mass is 10.2. The van der Waals surface area contributed by atoms with Gasteiger partial charge in [0.2, 0.25) is 0 Å². The summed E-state index contributed by atoms with van der Waals surface area (Å²) in [5.41, 5.74) is 0.729. The number of hydrogen-bond donors (Lipinski definition) is 1. The number of nitrogens with zero attached hydrogens (tertiary/aromatic N) is 2. The van der Waals surface area contributed by atoms with Gasteiger partial charge in [0.15, 0.2) is 11.6 Å². The standard InChI is InChI=1S/C15H24FN3/c1-3-5-10-19(4-2)15-14(16)12(8-9-17-15)11-18-13-6-7-13/h8-9,13,18H,3-7,10-11H2,1-2H3. The molecule has 4 heteroatoms. The average molecular weight is 265 g/mol. The minimum absolute atomic E-state index is 0.159. The van der Waals surface area contributed by atoms with E-state index in [0.29, 0.717) is 18.4 Å². The van der Waals surface area contributed by atoms with Crippen molar-refractivity contribution in [3.8, 4) is 0 Å². The van der Waals surface area contributed by atoms with Crippen LogP contribution in [-0.4, -0.2) is 24.1 Å². The van der Waals surface area contributed by atoms with E-state index in [1.807, 2.05) is 11.8 Å². The molecule has 0 saturated heterocycles. The van der Waals surface area contributed by atoms with Crippen LogP contribution in [0.15, 0.2) is 12.3 Å². The molecule has 0 aliphatic heterocycles. The van der Waals surface area contributed by atoms with Gasteiger partial charge in [-0.05, 0) is 32.3 Å². The lowest BCUT2D eigenvalue weighted by molar-refractivity contribution is 0.572.